The third-order valence-corrected chi connectivity index (χ3v) is 3.49. The van der Waals surface area contributed by atoms with Gasteiger partial charge in [0.1, 0.15) is 5.52 Å². The highest BCUT2D eigenvalue weighted by Crippen LogP contribution is 2.22. The van der Waals surface area contributed by atoms with Crippen LogP contribution in [0, 0.1) is 0 Å². The predicted molar refractivity (Wildman–Crippen MR) is 87.9 cm³/mol. The molecule has 0 saturated heterocycles. The van der Waals surface area contributed by atoms with E-state index in [1.807, 2.05) is 30.4 Å². The van der Waals surface area contributed by atoms with E-state index in [9.17, 15) is 0 Å². The Bertz CT molecular complexity index is 783. The summed E-state index contributed by atoms with van der Waals surface area (Å²) >= 11 is 0. The molecule has 3 aromatic rings. The molecule has 0 spiro atoms. The fraction of sp³-hybridized carbons (Fsp3) is 0.167. The van der Waals surface area contributed by atoms with Crippen LogP contribution in [0.1, 0.15) is 36.8 Å². The van der Waals surface area contributed by atoms with Gasteiger partial charge in [-0.3, -0.25) is 0 Å². The number of nitrogens with two attached hydrogens (primary N) is 1. The number of fused-ring (bicyclic) bond motifs is 1. The van der Waals surface area contributed by atoms with Gasteiger partial charge in [0, 0.05) is 6.08 Å². The first-order chi connectivity index (χ1) is 10.1. The Hall–Kier alpha value is -2.55. The molecule has 3 nitrogen and oxygen atoms in total. The summed E-state index contributed by atoms with van der Waals surface area (Å²) in [5.41, 5.74) is 10.4. The summed E-state index contributed by atoms with van der Waals surface area (Å²) in [6, 6.07) is 14.0. The zero-order chi connectivity index (χ0) is 14.8. The van der Waals surface area contributed by atoms with E-state index in [0.29, 0.717) is 28.6 Å². The van der Waals surface area contributed by atoms with Crippen molar-refractivity contribution in [3.63, 3.8) is 0 Å². The molecule has 2 aromatic carbocycles. The van der Waals surface area contributed by atoms with Crippen LogP contribution in [0.2, 0.25) is 0 Å². The number of hydrogen-bond acceptors (Lipinski definition) is 3. The standard InChI is InChI=1S/C18H18N2O/c1-12(2)14-9-6-13(7-10-14)8-11-17-20-18-15(19)4-3-5-16(18)21-17/h3-12H,19H2,1-2H3/b11-8+. The van der Waals surface area contributed by atoms with Gasteiger partial charge in [-0.05, 0) is 35.3 Å². The Kier molecular flexibility index (Phi) is 3.48. The molecule has 0 aliphatic heterocycles. The summed E-state index contributed by atoms with van der Waals surface area (Å²) < 4.78 is 5.65. The van der Waals surface area contributed by atoms with Crippen molar-refractivity contribution in [3.05, 3.63) is 59.5 Å². The van der Waals surface area contributed by atoms with Crippen LogP contribution in [0.4, 0.5) is 5.69 Å². The van der Waals surface area contributed by atoms with Crippen LogP contribution < -0.4 is 5.73 Å². The Morgan fingerprint density at radius 3 is 2.48 bits per heavy atom. The van der Waals surface area contributed by atoms with E-state index >= 15 is 0 Å². The average Bonchev–Trinajstić information content (AvgIpc) is 2.90. The van der Waals surface area contributed by atoms with E-state index in [1.54, 1.807) is 0 Å². The highest BCUT2D eigenvalue weighted by molar-refractivity contribution is 5.86. The maximum atomic E-state index is 5.88. The van der Waals surface area contributed by atoms with Crippen LogP contribution in [0.5, 0.6) is 0 Å². The summed E-state index contributed by atoms with van der Waals surface area (Å²) in [4.78, 5) is 4.39. The molecule has 0 aliphatic rings. The molecule has 3 heteroatoms. The average molecular weight is 278 g/mol. The molecule has 0 radical (unpaired) electrons. The van der Waals surface area contributed by atoms with Gasteiger partial charge in [0.15, 0.2) is 5.58 Å². The van der Waals surface area contributed by atoms with Gasteiger partial charge < -0.3 is 10.2 Å². The molecule has 0 fully saturated rings. The summed E-state index contributed by atoms with van der Waals surface area (Å²) in [7, 11) is 0. The number of nitrogens with zero attached hydrogens (tertiary/aromatic N) is 1. The van der Waals surface area contributed by atoms with E-state index in [-0.39, 0.29) is 0 Å². The van der Waals surface area contributed by atoms with Crippen LogP contribution in [-0.2, 0) is 0 Å². The van der Waals surface area contributed by atoms with Crippen LogP contribution in [0.25, 0.3) is 23.3 Å². The first kappa shape index (κ1) is 13.4. The molecule has 2 N–H and O–H groups in total. The molecular formula is C18H18N2O. The lowest BCUT2D eigenvalue weighted by Crippen LogP contribution is -1.86. The SMILES string of the molecule is CC(C)c1ccc(/C=C/c2nc3c(N)cccc3o2)cc1. The van der Waals surface area contributed by atoms with Crippen molar-refractivity contribution in [1.29, 1.82) is 0 Å². The Balaban J connectivity index is 1.85. The summed E-state index contributed by atoms with van der Waals surface area (Å²) in [6.45, 7) is 4.38. The molecule has 106 valence electrons. The fourth-order valence-electron chi connectivity index (χ4n) is 2.22. The lowest BCUT2D eigenvalue weighted by molar-refractivity contribution is 0.590. The van der Waals surface area contributed by atoms with Crippen molar-refractivity contribution in [2.24, 2.45) is 0 Å². The first-order valence-electron chi connectivity index (χ1n) is 7.06. The molecule has 0 bridgehead atoms. The molecule has 0 aliphatic carbocycles. The lowest BCUT2D eigenvalue weighted by Gasteiger charge is -2.04. The number of nitrogen functional groups attached to an aromatic ring is 1. The zero-order valence-electron chi connectivity index (χ0n) is 12.2. The van der Waals surface area contributed by atoms with Gasteiger partial charge in [-0.1, -0.05) is 44.2 Å². The molecule has 0 amide bonds. The smallest absolute Gasteiger partial charge is 0.220 e. The topological polar surface area (TPSA) is 52.0 Å². The Labute approximate surface area is 124 Å². The Morgan fingerprint density at radius 1 is 1.05 bits per heavy atom. The number of aromatic nitrogens is 1. The van der Waals surface area contributed by atoms with E-state index in [4.69, 9.17) is 10.2 Å². The minimum Gasteiger partial charge on any atom is -0.437 e. The quantitative estimate of drug-likeness (QED) is 0.706. The van der Waals surface area contributed by atoms with Crippen LogP contribution in [0.3, 0.4) is 0 Å². The van der Waals surface area contributed by atoms with Crippen molar-refractivity contribution in [2.45, 2.75) is 19.8 Å². The minimum atomic E-state index is 0.544. The van der Waals surface area contributed by atoms with Crippen LogP contribution in [0.15, 0.2) is 46.9 Å². The van der Waals surface area contributed by atoms with Crippen LogP contribution >= 0.6 is 0 Å². The molecule has 3 rings (SSSR count). The third-order valence-electron chi connectivity index (χ3n) is 3.49. The molecule has 0 atom stereocenters. The molecule has 1 heterocycles. The third kappa shape index (κ3) is 2.82. The number of anilines is 1. The maximum absolute atomic E-state index is 5.88. The predicted octanol–water partition coefficient (Wildman–Crippen LogP) is 4.70. The van der Waals surface area contributed by atoms with Crippen molar-refractivity contribution < 1.29 is 4.42 Å². The second-order valence-electron chi connectivity index (χ2n) is 5.40. The van der Waals surface area contributed by atoms with Crippen LogP contribution in [-0.4, -0.2) is 4.98 Å². The minimum absolute atomic E-state index is 0.544. The van der Waals surface area contributed by atoms with Gasteiger partial charge >= 0.3 is 0 Å². The van der Waals surface area contributed by atoms with Gasteiger partial charge in [-0.15, -0.1) is 0 Å². The number of rotatable bonds is 3. The van der Waals surface area contributed by atoms with Crippen molar-refractivity contribution in [3.8, 4) is 0 Å². The summed E-state index contributed by atoms with van der Waals surface area (Å²) in [6.07, 6.45) is 3.86. The van der Waals surface area contributed by atoms with Gasteiger partial charge in [0.25, 0.3) is 0 Å². The molecule has 0 unspecified atom stereocenters. The van der Waals surface area contributed by atoms with E-state index < -0.39 is 0 Å². The second kappa shape index (κ2) is 5.44. The van der Waals surface area contributed by atoms with Gasteiger partial charge in [0.05, 0.1) is 5.69 Å². The lowest BCUT2D eigenvalue weighted by atomic mass is 10.0. The molecule has 21 heavy (non-hydrogen) atoms. The van der Waals surface area contributed by atoms with E-state index in [2.05, 4.69) is 43.1 Å². The van der Waals surface area contributed by atoms with E-state index in [0.717, 1.165) is 5.56 Å². The normalized spacial score (nSPS) is 11.8. The van der Waals surface area contributed by atoms with Crippen molar-refractivity contribution in [1.82, 2.24) is 4.98 Å². The largest absolute Gasteiger partial charge is 0.437 e. The highest BCUT2D eigenvalue weighted by Gasteiger charge is 2.05. The highest BCUT2D eigenvalue weighted by atomic mass is 16.3. The Morgan fingerprint density at radius 2 is 1.81 bits per heavy atom. The molecule has 0 saturated carbocycles. The number of hydrogen-bond donors (Lipinski definition) is 1. The van der Waals surface area contributed by atoms with Gasteiger partial charge in [0.2, 0.25) is 5.89 Å². The van der Waals surface area contributed by atoms with Crippen molar-refractivity contribution >= 4 is 28.9 Å². The monoisotopic (exact) mass is 278 g/mol. The molecule has 1 aromatic heterocycles. The summed E-state index contributed by atoms with van der Waals surface area (Å²) in [5.74, 6) is 1.11. The molecular weight excluding hydrogens is 260 g/mol. The number of benzene rings is 2. The second-order valence-corrected chi connectivity index (χ2v) is 5.40. The maximum Gasteiger partial charge on any atom is 0.220 e. The first-order valence-corrected chi connectivity index (χ1v) is 7.06. The number of oxazole rings is 1. The number of para-hydroxylation sites is 1. The van der Waals surface area contributed by atoms with Crippen molar-refractivity contribution in [2.75, 3.05) is 5.73 Å². The van der Waals surface area contributed by atoms with E-state index in [1.165, 1.54) is 5.56 Å². The zero-order valence-corrected chi connectivity index (χ0v) is 12.2. The van der Waals surface area contributed by atoms with Gasteiger partial charge in [-0.25, -0.2) is 4.98 Å². The fourth-order valence-corrected chi connectivity index (χ4v) is 2.22. The summed E-state index contributed by atoms with van der Waals surface area (Å²) in [5, 5.41) is 0. The van der Waals surface area contributed by atoms with Gasteiger partial charge in [-0.2, -0.15) is 0 Å².